The summed E-state index contributed by atoms with van der Waals surface area (Å²) in [6.45, 7) is 1.68. The highest BCUT2D eigenvalue weighted by atomic mass is 32.1. The molecule has 0 aliphatic heterocycles. The molecule has 0 aromatic carbocycles. The molecule has 0 radical (unpaired) electrons. The third-order valence-electron chi connectivity index (χ3n) is 2.35. The van der Waals surface area contributed by atoms with Crippen LogP contribution in [-0.4, -0.2) is 37.0 Å². The van der Waals surface area contributed by atoms with Gasteiger partial charge in [-0.2, -0.15) is 0 Å². The van der Waals surface area contributed by atoms with Crippen LogP contribution in [0, 0.1) is 0 Å². The van der Waals surface area contributed by atoms with Gasteiger partial charge in [0.25, 0.3) is 0 Å². The molecule has 0 bridgehead atoms. The number of carbonyl (C=O) groups is 2. The largest absolute Gasteiger partial charge is 0.476 e. The molecular weight excluding hydrogens is 270 g/mol. The molecular formula is C10H11N5O3S. The van der Waals surface area contributed by atoms with Crippen LogP contribution in [0.2, 0.25) is 0 Å². The molecule has 0 unspecified atom stereocenters. The average molecular weight is 281 g/mol. The molecule has 2 rings (SSSR count). The Morgan fingerprint density at radius 2 is 2.32 bits per heavy atom. The average Bonchev–Trinajstić information content (AvgIpc) is 2.97. The van der Waals surface area contributed by atoms with Gasteiger partial charge in [-0.3, -0.25) is 4.79 Å². The summed E-state index contributed by atoms with van der Waals surface area (Å²) in [5.41, 5.74) is 0.298. The van der Waals surface area contributed by atoms with Gasteiger partial charge < -0.3 is 10.4 Å². The number of rotatable bonds is 5. The van der Waals surface area contributed by atoms with Crippen molar-refractivity contribution in [1.29, 1.82) is 0 Å². The Bertz CT molecular complexity index is 592. The van der Waals surface area contributed by atoms with Crippen molar-refractivity contribution in [3.8, 4) is 0 Å². The van der Waals surface area contributed by atoms with E-state index in [1.807, 2.05) is 0 Å². The van der Waals surface area contributed by atoms with Gasteiger partial charge >= 0.3 is 5.97 Å². The molecule has 2 heterocycles. The van der Waals surface area contributed by atoms with Crippen LogP contribution in [0.15, 0.2) is 11.6 Å². The van der Waals surface area contributed by atoms with E-state index in [0.29, 0.717) is 17.2 Å². The molecule has 1 amide bonds. The minimum absolute atomic E-state index is 0.0942. The molecule has 8 nitrogen and oxygen atoms in total. The highest BCUT2D eigenvalue weighted by molar-refractivity contribution is 7.13. The fourth-order valence-corrected chi connectivity index (χ4v) is 2.10. The van der Waals surface area contributed by atoms with Crippen LogP contribution in [0.1, 0.15) is 23.1 Å². The second-order valence-electron chi connectivity index (χ2n) is 3.59. The highest BCUT2D eigenvalue weighted by Gasteiger charge is 2.18. The number of carboxylic acids is 1. The summed E-state index contributed by atoms with van der Waals surface area (Å²) >= 11 is 1.30. The number of aromatic carboxylic acids is 1. The first-order valence-electron chi connectivity index (χ1n) is 5.46. The minimum Gasteiger partial charge on any atom is -0.476 e. The van der Waals surface area contributed by atoms with Gasteiger partial charge in [0.05, 0.1) is 5.69 Å². The van der Waals surface area contributed by atoms with E-state index in [1.54, 1.807) is 18.5 Å². The van der Waals surface area contributed by atoms with Crippen molar-refractivity contribution in [3.05, 3.63) is 23.0 Å². The molecule has 0 aliphatic rings. The van der Waals surface area contributed by atoms with E-state index in [0.717, 1.165) is 0 Å². The third-order valence-corrected chi connectivity index (χ3v) is 3.04. The Kier molecular flexibility index (Phi) is 3.85. The lowest BCUT2D eigenvalue weighted by Crippen LogP contribution is -2.21. The second-order valence-corrected chi connectivity index (χ2v) is 4.48. The smallest absolute Gasteiger partial charge is 0.358 e. The summed E-state index contributed by atoms with van der Waals surface area (Å²) in [4.78, 5) is 26.6. The van der Waals surface area contributed by atoms with Crippen LogP contribution in [-0.2, 0) is 17.8 Å². The first-order valence-corrected chi connectivity index (χ1v) is 6.34. The monoisotopic (exact) mass is 281 g/mol. The van der Waals surface area contributed by atoms with E-state index in [-0.39, 0.29) is 18.1 Å². The van der Waals surface area contributed by atoms with Crippen molar-refractivity contribution in [3.63, 3.8) is 0 Å². The van der Waals surface area contributed by atoms with Gasteiger partial charge in [-0.05, 0) is 6.42 Å². The van der Waals surface area contributed by atoms with Crippen LogP contribution < -0.4 is 5.32 Å². The molecule has 0 fully saturated rings. The minimum atomic E-state index is -1.15. The van der Waals surface area contributed by atoms with Crippen molar-refractivity contribution in [1.82, 2.24) is 20.0 Å². The van der Waals surface area contributed by atoms with Gasteiger partial charge in [-0.25, -0.2) is 14.5 Å². The first-order chi connectivity index (χ1) is 9.11. The van der Waals surface area contributed by atoms with E-state index in [4.69, 9.17) is 5.11 Å². The van der Waals surface area contributed by atoms with Crippen molar-refractivity contribution >= 4 is 28.3 Å². The topological polar surface area (TPSA) is 110 Å². The van der Waals surface area contributed by atoms with E-state index in [9.17, 15) is 9.59 Å². The zero-order chi connectivity index (χ0) is 13.8. The number of hydrogen-bond donors (Lipinski definition) is 2. The molecule has 0 saturated heterocycles. The number of carbonyl (C=O) groups excluding carboxylic acids is 1. The van der Waals surface area contributed by atoms with Crippen LogP contribution in [0.5, 0.6) is 0 Å². The Labute approximate surface area is 112 Å². The molecule has 2 aromatic rings. The summed E-state index contributed by atoms with van der Waals surface area (Å²) < 4.78 is 1.28. The van der Waals surface area contributed by atoms with Crippen molar-refractivity contribution in [2.45, 2.75) is 19.9 Å². The predicted molar refractivity (Wildman–Crippen MR) is 67.1 cm³/mol. The number of aromatic nitrogens is 4. The Morgan fingerprint density at radius 3 is 2.89 bits per heavy atom. The summed E-state index contributed by atoms with van der Waals surface area (Å²) in [6, 6.07) is 0. The maximum absolute atomic E-state index is 11.7. The van der Waals surface area contributed by atoms with Gasteiger partial charge in [0, 0.05) is 11.6 Å². The van der Waals surface area contributed by atoms with E-state index >= 15 is 0 Å². The molecule has 19 heavy (non-hydrogen) atoms. The first kappa shape index (κ1) is 13.1. The SMILES string of the molecule is CCc1c(C(=O)O)nnn1CC(=O)Nc1nccs1. The molecule has 0 atom stereocenters. The summed E-state index contributed by atoms with van der Waals surface area (Å²) in [6.07, 6.45) is 2.01. The number of carboxylic acid groups (broad SMARTS) is 1. The zero-order valence-corrected chi connectivity index (χ0v) is 10.8. The van der Waals surface area contributed by atoms with Gasteiger partial charge in [0.15, 0.2) is 10.8 Å². The molecule has 9 heteroatoms. The summed E-state index contributed by atoms with van der Waals surface area (Å²) in [5.74, 6) is -1.48. The van der Waals surface area contributed by atoms with Crippen molar-refractivity contribution < 1.29 is 14.7 Å². The number of anilines is 1. The number of amides is 1. The van der Waals surface area contributed by atoms with E-state index in [1.165, 1.54) is 16.0 Å². The normalized spacial score (nSPS) is 10.4. The Balaban J connectivity index is 2.10. The molecule has 0 saturated carbocycles. The number of thiazole rings is 1. The zero-order valence-electron chi connectivity index (χ0n) is 10.0. The van der Waals surface area contributed by atoms with E-state index in [2.05, 4.69) is 20.6 Å². The number of nitrogens with zero attached hydrogens (tertiary/aromatic N) is 4. The maximum atomic E-state index is 11.7. The van der Waals surface area contributed by atoms with Crippen molar-refractivity contribution in [2.24, 2.45) is 0 Å². The highest BCUT2D eigenvalue weighted by Crippen LogP contribution is 2.11. The van der Waals surface area contributed by atoms with Gasteiger partial charge in [0.2, 0.25) is 5.91 Å². The number of hydrogen-bond acceptors (Lipinski definition) is 6. The third kappa shape index (κ3) is 2.94. The van der Waals surface area contributed by atoms with Gasteiger partial charge in [-0.1, -0.05) is 12.1 Å². The standard InChI is InChI=1S/C10H11N5O3S/c1-2-6-8(9(17)18)13-14-15(6)5-7(16)12-10-11-3-4-19-10/h3-4H,2,5H2,1H3,(H,17,18)(H,11,12,16). The molecule has 2 N–H and O–H groups in total. The van der Waals surface area contributed by atoms with Crippen molar-refractivity contribution in [2.75, 3.05) is 5.32 Å². The summed E-state index contributed by atoms with van der Waals surface area (Å²) in [7, 11) is 0. The lowest BCUT2D eigenvalue weighted by molar-refractivity contribution is -0.117. The Hall–Kier alpha value is -2.29. The van der Waals surface area contributed by atoms with Crippen LogP contribution in [0.3, 0.4) is 0 Å². The fraction of sp³-hybridized carbons (Fsp3) is 0.300. The van der Waals surface area contributed by atoms with Crippen LogP contribution in [0.25, 0.3) is 0 Å². The second kappa shape index (κ2) is 5.57. The predicted octanol–water partition coefficient (Wildman–Crippen LogP) is 0.634. The molecule has 100 valence electrons. The Morgan fingerprint density at radius 1 is 1.53 bits per heavy atom. The van der Waals surface area contributed by atoms with Crippen LogP contribution in [0.4, 0.5) is 5.13 Å². The van der Waals surface area contributed by atoms with Crippen LogP contribution >= 0.6 is 11.3 Å². The molecule has 2 aromatic heterocycles. The lowest BCUT2D eigenvalue weighted by Gasteiger charge is -2.04. The lowest BCUT2D eigenvalue weighted by atomic mass is 10.2. The molecule has 0 aliphatic carbocycles. The van der Waals surface area contributed by atoms with Gasteiger partial charge in [0.1, 0.15) is 6.54 Å². The molecule has 0 spiro atoms. The van der Waals surface area contributed by atoms with E-state index < -0.39 is 5.97 Å². The van der Waals surface area contributed by atoms with Gasteiger partial charge in [-0.15, -0.1) is 16.4 Å². The summed E-state index contributed by atoms with van der Waals surface area (Å²) in [5, 5.41) is 21.0. The fourth-order valence-electron chi connectivity index (χ4n) is 1.56. The maximum Gasteiger partial charge on any atom is 0.358 e. The quantitative estimate of drug-likeness (QED) is 0.832. The number of nitrogens with one attached hydrogen (secondary N) is 1.